The first-order chi connectivity index (χ1) is 16.7. The molecule has 10 heteroatoms. The molecule has 4 heterocycles. The van der Waals surface area contributed by atoms with E-state index in [0.717, 1.165) is 55.1 Å². The molecule has 0 atom stereocenters. The molecule has 1 aliphatic rings. The fourth-order valence-electron chi connectivity index (χ4n) is 3.67. The number of ether oxygens (including phenoxy) is 3. The molecule has 2 N–H and O–H groups in total. The molecule has 0 amide bonds. The molecule has 4 aromatic rings. The molecule has 1 fully saturated rings. The van der Waals surface area contributed by atoms with Crippen molar-refractivity contribution in [2.24, 2.45) is 0 Å². The van der Waals surface area contributed by atoms with Crippen LogP contribution in [-0.2, 0) is 4.74 Å². The van der Waals surface area contributed by atoms with Crippen LogP contribution in [-0.4, -0.2) is 64.5 Å². The van der Waals surface area contributed by atoms with Gasteiger partial charge in [0.2, 0.25) is 5.88 Å². The van der Waals surface area contributed by atoms with Crippen LogP contribution in [0.2, 0.25) is 5.02 Å². The summed E-state index contributed by atoms with van der Waals surface area (Å²) in [6.07, 6.45) is 3.38. The second-order valence-electron chi connectivity index (χ2n) is 7.92. The van der Waals surface area contributed by atoms with Gasteiger partial charge in [-0.1, -0.05) is 11.6 Å². The standard InChI is InChI=1S/C24H25ClN6O3/c1-16-2-4-18(15-27-16)34-21-5-3-17(14-19(21)25)28-23-22-20(6-7-26-23)29-30-24(22)33-13-10-31-8-11-32-12-9-31/h2-7,14-15H,8-13H2,1H3,(H,26,28)(H,29,30). The van der Waals surface area contributed by atoms with Gasteiger partial charge in [0.25, 0.3) is 0 Å². The molecule has 0 unspecified atom stereocenters. The Balaban J connectivity index is 1.29. The molecule has 5 rings (SSSR count). The van der Waals surface area contributed by atoms with Crippen LogP contribution in [0.25, 0.3) is 10.9 Å². The van der Waals surface area contributed by atoms with Crippen LogP contribution >= 0.6 is 11.6 Å². The third-order valence-electron chi connectivity index (χ3n) is 5.50. The number of hydrogen-bond acceptors (Lipinski definition) is 8. The van der Waals surface area contributed by atoms with Crippen molar-refractivity contribution in [3.8, 4) is 17.4 Å². The first-order valence-electron chi connectivity index (χ1n) is 11.1. The van der Waals surface area contributed by atoms with Crippen molar-refractivity contribution in [3.05, 3.63) is 59.5 Å². The molecular weight excluding hydrogens is 456 g/mol. The topological polar surface area (TPSA) is 97.4 Å². The van der Waals surface area contributed by atoms with Gasteiger partial charge in [-0.05, 0) is 43.3 Å². The Morgan fingerprint density at radius 2 is 2.03 bits per heavy atom. The molecule has 1 aromatic carbocycles. The van der Waals surface area contributed by atoms with Gasteiger partial charge in [-0.2, -0.15) is 0 Å². The molecule has 0 radical (unpaired) electrons. The number of halogens is 1. The Morgan fingerprint density at radius 1 is 1.15 bits per heavy atom. The first kappa shape index (κ1) is 22.4. The number of nitrogens with zero attached hydrogens (tertiary/aromatic N) is 4. The summed E-state index contributed by atoms with van der Waals surface area (Å²) < 4.78 is 17.3. The summed E-state index contributed by atoms with van der Waals surface area (Å²) in [4.78, 5) is 11.1. The number of hydrogen-bond donors (Lipinski definition) is 2. The Morgan fingerprint density at radius 3 is 2.82 bits per heavy atom. The maximum atomic E-state index is 6.48. The number of pyridine rings is 2. The van der Waals surface area contributed by atoms with E-state index in [1.165, 1.54) is 0 Å². The summed E-state index contributed by atoms with van der Waals surface area (Å²) in [5, 5.41) is 11.9. The monoisotopic (exact) mass is 480 g/mol. The fourth-order valence-corrected chi connectivity index (χ4v) is 3.89. The Labute approximate surface area is 202 Å². The van der Waals surface area contributed by atoms with Crippen LogP contribution in [0, 0.1) is 6.92 Å². The lowest BCUT2D eigenvalue weighted by atomic mass is 10.2. The normalized spacial score (nSPS) is 14.3. The predicted octanol–water partition coefficient (Wildman–Crippen LogP) is 4.56. The minimum atomic E-state index is 0.465. The number of H-pyrrole nitrogens is 1. The molecule has 1 saturated heterocycles. The second-order valence-corrected chi connectivity index (χ2v) is 8.33. The smallest absolute Gasteiger partial charge is 0.244 e. The summed E-state index contributed by atoms with van der Waals surface area (Å²) in [5.41, 5.74) is 2.51. The molecule has 9 nitrogen and oxygen atoms in total. The zero-order valence-electron chi connectivity index (χ0n) is 18.8. The fraction of sp³-hybridized carbons (Fsp3) is 0.292. The quantitative estimate of drug-likeness (QED) is 0.378. The Bertz CT molecular complexity index is 1260. The lowest BCUT2D eigenvalue weighted by Crippen LogP contribution is -2.38. The van der Waals surface area contributed by atoms with E-state index in [1.54, 1.807) is 24.5 Å². The number of fused-ring (bicyclic) bond motifs is 1. The number of aromatic amines is 1. The SMILES string of the molecule is Cc1ccc(Oc2ccc(Nc3nccc4[nH]nc(OCCN5CCOCC5)c34)cc2Cl)cn1. The van der Waals surface area contributed by atoms with E-state index in [-0.39, 0.29) is 0 Å². The van der Waals surface area contributed by atoms with Crippen molar-refractivity contribution in [2.75, 3.05) is 44.8 Å². The highest BCUT2D eigenvalue weighted by atomic mass is 35.5. The molecule has 0 bridgehead atoms. The summed E-state index contributed by atoms with van der Waals surface area (Å²) in [6, 6.07) is 11.1. The summed E-state index contributed by atoms with van der Waals surface area (Å²) in [7, 11) is 0. The van der Waals surface area contributed by atoms with Gasteiger partial charge in [-0.25, -0.2) is 4.98 Å². The Hall–Kier alpha value is -3.40. The number of nitrogens with one attached hydrogen (secondary N) is 2. The van der Waals surface area contributed by atoms with Gasteiger partial charge in [-0.3, -0.25) is 15.0 Å². The van der Waals surface area contributed by atoms with E-state index in [1.807, 2.05) is 31.2 Å². The summed E-state index contributed by atoms with van der Waals surface area (Å²) in [5.74, 6) is 2.30. The zero-order valence-corrected chi connectivity index (χ0v) is 19.5. The summed E-state index contributed by atoms with van der Waals surface area (Å²) >= 11 is 6.48. The molecule has 0 aliphatic carbocycles. The van der Waals surface area contributed by atoms with Gasteiger partial charge in [0, 0.05) is 37.2 Å². The van der Waals surface area contributed by atoms with Crippen LogP contribution in [0.1, 0.15) is 5.69 Å². The van der Waals surface area contributed by atoms with E-state index in [9.17, 15) is 0 Å². The van der Waals surface area contributed by atoms with Crippen molar-refractivity contribution >= 4 is 34.0 Å². The summed E-state index contributed by atoms with van der Waals surface area (Å²) in [6.45, 7) is 6.62. The molecule has 0 saturated carbocycles. The minimum Gasteiger partial charge on any atom is -0.475 e. The maximum Gasteiger partial charge on any atom is 0.244 e. The number of aromatic nitrogens is 4. The molecule has 1 aliphatic heterocycles. The molecule has 176 valence electrons. The van der Waals surface area contributed by atoms with Gasteiger partial charge in [0.05, 0.1) is 29.9 Å². The number of anilines is 2. The lowest BCUT2D eigenvalue weighted by Gasteiger charge is -2.26. The minimum absolute atomic E-state index is 0.465. The van der Waals surface area contributed by atoms with Crippen molar-refractivity contribution in [2.45, 2.75) is 6.92 Å². The number of benzene rings is 1. The highest BCUT2D eigenvalue weighted by molar-refractivity contribution is 6.32. The average Bonchev–Trinajstić information content (AvgIpc) is 3.27. The Kier molecular flexibility index (Phi) is 6.75. The largest absolute Gasteiger partial charge is 0.475 e. The van der Waals surface area contributed by atoms with Gasteiger partial charge < -0.3 is 19.5 Å². The molecular formula is C24H25ClN6O3. The lowest BCUT2D eigenvalue weighted by molar-refractivity contribution is 0.0321. The highest BCUT2D eigenvalue weighted by Crippen LogP contribution is 2.34. The van der Waals surface area contributed by atoms with Gasteiger partial charge >= 0.3 is 0 Å². The average molecular weight is 481 g/mol. The van der Waals surface area contributed by atoms with E-state index in [4.69, 9.17) is 25.8 Å². The van der Waals surface area contributed by atoms with Crippen molar-refractivity contribution in [3.63, 3.8) is 0 Å². The van der Waals surface area contributed by atoms with Crippen molar-refractivity contribution in [1.29, 1.82) is 0 Å². The molecule has 0 spiro atoms. The second kappa shape index (κ2) is 10.3. The van der Waals surface area contributed by atoms with E-state index in [2.05, 4.69) is 30.4 Å². The van der Waals surface area contributed by atoms with Crippen LogP contribution in [0.15, 0.2) is 48.8 Å². The van der Waals surface area contributed by atoms with Crippen molar-refractivity contribution in [1.82, 2.24) is 25.1 Å². The third-order valence-corrected chi connectivity index (χ3v) is 5.79. The van der Waals surface area contributed by atoms with E-state index >= 15 is 0 Å². The van der Waals surface area contributed by atoms with Gasteiger partial charge in [-0.15, -0.1) is 5.10 Å². The molecule has 3 aromatic heterocycles. The predicted molar refractivity (Wildman–Crippen MR) is 130 cm³/mol. The van der Waals surface area contributed by atoms with E-state index < -0.39 is 0 Å². The van der Waals surface area contributed by atoms with Crippen LogP contribution in [0.4, 0.5) is 11.5 Å². The third kappa shape index (κ3) is 5.22. The molecule has 34 heavy (non-hydrogen) atoms. The van der Waals surface area contributed by atoms with Crippen molar-refractivity contribution < 1.29 is 14.2 Å². The zero-order chi connectivity index (χ0) is 23.3. The number of morpholine rings is 1. The van der Waals surface area contributed by atoms with Gasteiger partial charge in [0.15, 0.2) is 0 Å². The van der Waals surface area contributed by atoms with Crippen LogP contribution in [0.3, 0.4) is 0 Å². The van der Waals surface area contributed by atoms with Crippen LogP contribution in [0.5, 0.6) is 17.4 Å². The highest BCUT2D eigenvalue weighted by Gasteiger charge is 2.15. The number of rotatable bonds is 8. The van der Waals surface area contributed by atoms with E-state index in [0.29, 0.717) is 34.8 Å². The van der Waals surface area contributed by atoms with Crippen LogP contribution < -0.4 is 14.8 Å². The maximum absolute atomic E-state index is 6.48. The first-order valence-corrected chi connectivity index (χ1v) is 11.5. The van der Waals surface area contributed by atoms with Gasteiger partial charge in [0.1, 0.15) is 29.3 Å². The number of aryl methyl sites for hydroxylation is 1.